The molecule has 0 spiro atoms. The predicted molar refractivity (Wildman–Crippen MR) is 100 cm³/mol. The van der Waals surface area contributed by atoms with E-state index in [0.717, 1.165) is 18.7 Å². The van der Waals surface area contributed by atoms with Crippen molar-refractivity contribution in [3.8, 4) is 5.75 Å². The fourth-order valence-electron chi connectivity index (χ4n) is 2.56. The second kappa shape index (κ2) is 8.54. The monoisotopic (exact) mass is 309 g/mol. The SMILES string of the molecule is C/C=C\C=C(/C)C(CCN(C)C)Oc1cccc2ccccc12. The van der Waals surface area contributed by atoms with Crippen LogP contribution in [-0.4, -0.2) is 31.6 Å². The van der Waals surface area contributed by atoms with Crippen molar-refractivity contribution in [2.45, 2.75) is 26.4 Å². The Kier molecular flexibility index (Phi) is 6.42. The molecule has 0 amide bonds. The minimum absolute atomic E-state index is 0.0828. The summed E-state index contributed by atoms with van der Waals surface area (Å²) in [6.45, 7) is 5.17. The number of hydrogen-bond acceptors (Lipinski definition) is 2. The van der Waals surface area contributed by atoms with Crippen molar-refractivity contribution < 1.29 is 4.74 Å². The van der Waals surface area contributed by atoms with E-state index in [-0.39, 0.29) is 6.10 Å². The van der Waals surface area contributed by atoms with Crippen molar-refractivity contribution in [1.29, 1.82) is 0 Å². The number of allylic oxidation sites excluding steroid dienone is 3. The molecule has 0 fully saturated rings. The number of fused-ring (bicyclic) bond motifs is 1. The highest BCUT2D eigenvalue weighted by molar-refractivity contribution is 5.88. The topological polar surface area (TPSA) is 12.5 Å². The highest BCUT2D eigenvalue weighted by Gasteiger charge is 2.14. The van der Waals surface area contributed by atoms with Crippen LogP contribution in [0.4, 0.5) is 0 Å². The lowest BCUT2D eigenvalue weighted by molar-refractivity contribution is 0.211. The van der Waals surface area contributed by atoms with Gasteiger partial charge < -0.3 is 9.64 Å². The lowest BCUT2D eigenvalue weighted by Crippen LogP contribution is -2.25. The zero-order chi connectivity index (χ0) is 16.7. The number of ether oxygens (including phenoxy) is 1. The second-order valence-electron chi connectivity index (χ2n) is 6.11. The summed E-state index contributed by atoms with van der Waals surface area (Å²) in [6, 6.07) is 14.6. The van der Waals surface area contributed by atoms with Crippen LogP contribution >= 0.6 is 0 Å². The fraction of sp³-hybridized carbons (Fsp3) is 0.333. The first kappa shape index (κ1) is 17.3. The van der Waals surface area contributed by atoms with Crippen LogP contribution in [0.25, 0.3) is 10.8 Å². The summed E-state index contributed by atoms with van der Waals surface area (Å²) in [7, 11) is 4.19. The molecule has 0 radical (unpaired) electrons. The van der Waals surface area contributed by atoms with E-state index < -0.39 is 0 Å². The Balaban J connectivity index is 2.28. The smallest absolute Gasteiger partial charge is 0.128 e. The largest absolute Gasteiger partial charge is 0.485 e. The van der Waals surface area contributed by atoms with Gasteiger partial charge >= 0.3 is 0 Å². The average molecular weight is 309 g/mol. The average Bonchev–Trinajstić information content (AvgIpc) is 2.56. The molecule has 0 aromatic heterocycles. The first-order valence-corrected chi connectivity index (χ1v) is 8.20. The van der Waals surface area contributed by atoms with Gasteiger partial charge in [-0.15, -0.1) is 0 Å². The summed E-state index contributed by atoms with van der Waals surface area (Å²) in [5, 5.41) is 2.38. The summed E-state index contributed by atoms with van der Waals surface area (Å²) in [4.78, 5) is 2.20. The van der Waals surface area contributed by atoms with Gasteiger partial charge in [0.25, 0.3) is 0 Å². The summed E-state index contributed by atoms with van der Waals surface area (Å²) >= 11 is 0. The standard InChI is InChI=1S/C21H27NO/c1-5-6-10-17(2)20(15-16-22(3)4)23-21-14-9-12-18-11-7-8-13-19(18)21/h5-14,20H,15-16H2,1-4H3/b6-5-,17-10+. The van der Waals surface area contributed by atoms with E-state index in [1.165, 1.54) is 16.3 Å². The molecular weight excluding hydrogens is 282 g/mol. The number of benzene rings is 2. The van der Waals surface area contributed by atoms with Gasteiger partial charge in [-0.05, 0) is 45.0 Å². The minimum atomic E-state index is 0.0828. The van der Waals surface area contributed by atoms with Crippen molar-refractivity contribution in [2.24, 2.45) is 0 Å². The van der Waals surface area contributed by atoms with Gasteiger partial charge in [0.15, 0.2) is 0 Å². The molecule has 0 saturated heterocycles. The molecule has 0 N–H and O–H groups in total. The zero-order valence-corrected chi connectivity index (χ0v) is 14.6. The van der Waals surface area contributed by atoms with Crippen LogP contribution in [0.1, 0.15) is 20.3 Å². The van der Waals surface area contributed by atoms with Crippen LogP contribution in [0.5, 0.6) is 5.75 Å². The van der Waals surface area contributed by atoms with Crippen molar-refractivity contribution in [3.63, 3.8) is 0 Å². The second-order valence-corrected chi connectivity index (χ2v) is 6.11. The molecule has 2 rings (SSSR count). The predicted octanol–water partition coefficient (Wildman–Crippen LogP) is 5.06. The minimum Gasteiger partial charge on any atom is -0.485 e. The molecule has 2 nitrogen and oxygen atoms in total. The number of rotatable bonds is 7. The zero-order valence-electron chi connectivity index (χ0n) is 14.6. The first-order valence-electron chi connectivity index (χ1n) is 8.20. The molecule has 0 bridgehead atoms. The van der Waals surface area contributed by atoms with Gasteiger partial charge in [0.2, 0.25) is 0 Å². The molecule has 0 heterocycles. The molecule has 0 saturated carbocycles. The van der Waals surface area contributed by atoms with Crippen LogP contribution in [0.2, 0.25) is 0 Å². The molecule has 1 unspecified atom stereocenters. The highest BCUT2D eigenvalue weighted by Crippen LogP contribution is 2.28. The Hall–Kier alpha value is -2.06. The number of nitrogens with zero attached hydrogens (tertiary/aromatic N) is 1. The molecule has 2 aromatic carbocycles. The van der Waals surface area contributed by atoms with Crippen LogP contribution < -0.4 is 4.74 Å². The maximum absolute atomic E-state index is 6.41. The lowest BCUT2D eigenvalue weighted by atomic mass is 10.1. The summed E-state index contributed by atoms with van der Waals surface area (Å²) in [6.07, 6.45) is 7.32. The van der Waals surface area contributed by atoms with Gasteiger partial charge in [-0.1, -0.05) is 54.6 Å². The van der Waals surface area contributed by atoms with Crippen molar-refractivity contribution >= 4 is 10.8 Å². The molecule has 0 aliphatic rings. The maximum Gasteiger partial charge on any atom is 0.128 e. The van der Waals surface area contributed by atoms with Crippen LogP contribution in [0.15, 0.2) is 66.3 Å². The summed E-state index contributed by atoms with van der Waals surface area (Å²) < 4.78 is 6.41. The normalized spacial score (nSPS) is 13.9. The van der Waals surface area contributed by atoms with Crippen molar-refractivity contribution in [3.05, 3.63) is 66.3 Å². The van der Waals surface area contributed by atoms with E-state index in [9.17, 15) is 0 Å². The van der Waals surface area contributed by atoms with E-state index in [4.69, 9.17) is 4.74 Å². The Morgan fingerprint density at radius 1 is 1.13 bits per heavy atom. The van der Waals surface area contributed by atoms with E-state index >= 15 is 0 Å². The van der Waals surface area contributed by atoms with Gasteiger partial charge in [0.1, 0.15) is 11.9 Å². The molecule has 0 aliphatic carbocycles. The quantitative estimate of drug-likeness (QED) is 0.663. The van der Waals surface area contributed by atoms with Crippen LogP contribution in [0.3, 0.4) is 0 Å². The summed E-state index contributed by atoms with van der Waals surface area (Å²) in [5.74, 6) is 0.958. The van der Waals surface area contributed by atoms with Crippen LogP contribution in [-0.2, 0) is 0 Å². The van der Waals surface area contributed by atoms with E-state index in [2.05, 4.69) is 80.5 Å². The van der Waals surface area contributed by atoms with Gasteiger partial charge in [-0.2, -0.15) is 0 Å². The third kappa shape index (κ3) is 4.97. The van der Waals surface area contributed by atoms with Crippen molar-refractivity contribution in [1.82, 2.24) is 4.90 Å². The van der Waals surface area contributed by atoms with Crippen molar-refractivity contribution in [2.75, 3.05) is 20.6 Å². The van der Waals surface area contributed by atoms with E-state index in [1.54, 1.807) is 0 Å². The third-order valence-electron chi connectivity index (χ3n) is 3.92. The highest BCUT2D eigenvalue weighted by atomic mass is 16.5. The molecular formula is C21H27NO. The Bertz CT molecular complexity index is 680. The molecule has 2 heteroatoms. The fourth-order valence-corrected chi connectivity index (χ4v) is 2.56. The first-order chi connectivity index (χ1) is 11.1. The van der Waals surface area contributed by atoms with Gasteiger partial charge in [0.05, 0.1) is 0 Å². The molecule has 23 heavy (non-hydrogen) atoms. The molecule has 0 aliphatic heterocycles. The molecule has 2 aromatic rings. The summed E-state index contributed by atoms with van der Waals surface area (Å²) in [5.41, 5.74) is 1.25. The third-order valence-corrected chi connectivity index (χ3v) is 3.92. The number of hydrogen-bond donors (Lipinski definition) is 0. The molecule has 1 atom stereocenters. The van der Waals surface area contributed by atoms with E-state index in [1.807, 2.05) is 13.0 Å². The van der Waals surface area contributed by atoms with E-state index in [0.29, 0.717) is 0 Å². The maximum atomic E-state index is 6.41. The van der Waals surface area contributed by atoms with Gasteiger partial charge in [-0.3, -0.25) is 0 Å². The Morgan fingerprint density at radius 3 is 2.61 bits per heavy atom. The molecule has 122 valence electrons. The van der Waals surface area contributed by atoms with Gasteiger partial charge in [-0.25, -0.2) is 0 Å². The van der Waals surface area contributed by atoms with Crippen LogP contribution in [0, 0.1) is 0 Å². The Labute approximate surface area is 140 Å². The lowest BCUT2D eigenvalue weighted by Gasteiger charge is -2.22. The Morgan fingerprint density at radius 2 is 1.87 bits per heavy atom. The van der Waals surface area contributed by atoms with Gasteiger partial charge in [0, 0.05) is 18.4 Å².